The van der Waals surface area contributed by atoms with Crippen molar-refractivity contribution < 1.29 is 9.53 Å². The Morgan fingerprint density at radius 3 is 2.92 bits per heavy atom. The van der Waals surface area contributed by atoms with Crippen molar-refractivity contribution in [2.24, 2.45) is 5.92 Å². The van der Waals surface area contributed by atoms with E-state index < -0.39 is 0 Å². The van der Waals surface area contributed by atoms with Crippen molar-refractivity contribution in [2.45, 2.75) is 76.1 Å². The lowest BCUT2D eigenvalue weighted by atomic mass is 9.90. The van der Waals surface area contributed by atoms with Gasteiger partial charge in [0, 0.05) is 12.8 Å². The molecule has 0 bridgehead atoms. The van der Waals surface area contributed by atoms with Crippen LogP contribution in [0.15, 0.2) is 12.3 Å². The van der Waals surface area contributed by atoms with Crippen LogP contribution >= 0.6 is 0 Å². The molecule has 6 heteroatoms. The van der Waals surface area contributed by atoms with Gasteiger partial charge in [0.25, 0.3) is 0 Å². The van der Waals surface area contributed by atoms with Crippen LogP contribution in [0.1, 0.15) is 63.6 Å². The van der Waals surface area contributed by atoms with Crippen molar-refractivity contribution in [1.29, 1.82) is 0 Å². The number of nitrogens with one attached hydrogen (secondary N) is 2. The van der Waals surface area contributed by atoms with Gasteiger partial charge in [-0.25, -0.2) is 4.79 Å². The lowest BCUT2D eigenvalue weighted by Gasteiger charge is -2.31. The Hall–Kier alpha value is -1.56. The zero-order valence-electron chi connectivity index (χ0n) is 14.5. The summed E-state index contributed by atoms with van der Waals surface area (Å²) < 4.78 is 7.92. The molecule has 3 aliphatic rings. The molecule has 2 aliphatic carbocycles. The highest BCUT2D eigenvalue weighted by atomic mass is 16.5. The third kappa shape index (κ3) is 3.29. The molecule has 2 atom stereocenters. The second-order valence-electron chi connectivity index (χ2n) is 7.83. The van der Waals surface area contributed by atoms with E-state index in [-0.39, 0.29) is 17.7 Å². The predicted molar refractivity (Wildman–Crippen MR) is 90.6 cm³/mol. The molecule has 2 saturated carbocycles. The number of hydrogen-bond acceptors (Lipinski definition) is 3. The van der Waals surface area contributed by atoms with Gasteiger partial charge in [0.2, 0.25) is 0 Å². The Kier molecular flexibility index (Phi) is 4.24. The SMILES string of the molecule is C[C@@]1(NC(=O)NCc2ccn(C3CCCC3)n2)CCO[C@H]1C1CC1. The molecule has 1 aromatic rings. The zero-order chi connectivity index (χ0) is 16.6. The van der Waals surface area contributed by atoms with Crippen LogP contribution in [-0.4, -0.2) is 34.1 Å². The number of rotatable bonds is 5. The molecule has 0 unspecified atom stereocenters. The van der Waals surface area contributed by atoms with E-state index >= 15 is 0 Å². The molecule has 132 valence electrons. The first-order valence-corrected chi connectivity index (χ1v) is 9.36. The minimum absolute atomic E-state index is 0.121. The average molecular weight is 332 g/mol. The lowest BCUT2D eigenvalue weighted by Crippen LogP contribution is -2.55. The van der Waals surface area contributed by atoms with Crippen LogP contribution in [0.25, 0.3) is 0 Å². The van der Waals surface area contributed by atoms with Gasteiger partial charge in [0.15, 0.2) is 0 Å². The van der Waals surface area contributed by atoms with Gasteiger partial charge >= 0.3 is 6.03 Å². The van der Waals surface area contributed by atoms with Gasteiger partial charge in [-0.05, 0) is 51.0 Å². The molecule has 2 N–H and O–H groups in total. The molecule has 3 fully saturated rings. The van der Waals surface area contributed by atoms with Crippen molar-refractivity contribution in [3.05, 3.63) is 18.0 Å². The summed E-state index contributed by atoms with van der Waals surface area (Å²) in [6.07, 6.45) is 10.6. The van der Waals surface area contributed by atoms with Gasteiger partial charge in [-0.2, -0.15) is 5.10 Å². The van der Waals surface area contributed by atoms with E-state index in [1.807, 2.05) is 12.3 Å². The molecule has 0 aromatic carbocycles. The largest absolute Gasteiger partial charge is 0.375 e. The molecule has 0 spiro atoms. The first kappa shape index (κ1) is 15.9. The highest BCUT2D eigenvalue weighted by Gasteiger charge is 2.48. The van der Waals surface area contributed by atoms with Crippen LogP contribution in [0.4, 0.5) is 4.79 Å². The molecule has 1 aromatic heterocycles. The van der Waals surface area contributed by atoms with Crippen LogP contribution in [0.2, 0.25) is 0 Å². The summed E-state index contributed by atoms with van der Waals surface area (Å²) in [6, 6.07) is 2.43. The minimum atomic E-state index is -0.242. The summed E-state index contributed by atoms with van der Waals surface area (Å²) in [5.41, 5.74) is 0.678. The number of urea groups is 1. The van der Waals surface area contributed by atoms with Gasteiger partial charge < -0.3 is 15.4 Å². The Morgan fingerprint density at radius 1 is 1.38 bits per heavy atom. The van der Waals surface area contributed by atoms with Crippen LogP contribution in [-0.2, 0) is 11.3 Å². The molecule has 24 heavy (non-hydrogen) atoms. The number of aromatic nitrogens is 2. The standard InChI is InChI=1S/C18H28N4O2/c1-18(9-11-24-16(18)13-6-7-13)20-17(23)19-12-14-8-10-22(21-14)15-4-2-3-5-15/h8,10,13,15-16H,2-7,9,11-12H2,1H3,(H2,19,20,23)/t16-,18+/m0/s1. The first-order valence-electron chi connectivity index (χ1n) is 9.36. The zero-order valence-corrected chi connectivity index (χ0v) is 14.5. The summed E-state index contributed by atoms with van der Waals surface area (Å²) in [4.78, 5) is 12.3. The van der Waals surface area contributed by atoms with Gasteiger partial charge in [0.1, 0.15) is 0 Å². The van der Waals surface area contributed by atoms with Crippen molar-refractivity contribution in [3.63, 3.8) is 0 Å². The molecule has 4 rings (SSSR count). The molecule has 0 radical (unpaired) electrons. The van der Waals surface area contributed by atoms with Crippen molar-refractivity contribution in [3.8, 4) is 0 Å². The maximum Gasteiger partial charge on any atom is 0.315 e. The molecule has 1 saturated heterocycles. The highest BCUT2D eigenvalue weighted by Crippen LogP contribution is 2.43. The number of carbonyl (C=O) groups is 1. The minimum Gasteiger partial charge on any atom is -0.375 e. The maximum absolute atomic E-state index is 12.3. The van der Waals surface area contributed by atoms with E-state index in [1.165, 1.54) is 38.5 Å². The van der Waals surface area contributed by atoms with Crippen molar-refractivity contribution in [2.75, 3.05) is 6.61 Å². The highest BCUT2D eigenvalue weighted by molar-refractivity contribution is 5.74. The summed E-state index contributed by atoms with van der Waals surface area (Å²) in [5.74, 6) is 0.625. The number of nitrogens with zero attached hydrogens (tertiary/aromatic N) is 2. The van der Waals surface area contributed by atoms with Crippen molar-refractivity contribution in [1.82, 2.24) is 20.4 Å². The average Bonchev–Trinajstić information content (AvgIpc) is 2.97. The fraction of sp³-hybridized carbons (Fsp3) is 0.778. The van der Waals surface area contributed by atoms with Gasteiger partial charge in [-0.3, -0.25) is 4.68 Å². The molecule has 1 aliphatic heterocycles. The Labute approximate surface area is 143 Å². The van der Waals surface area contributed by atoms with E-state index in [4.69, 9.17) is 4.74 Å². The maximum atomic E-state index is 12.3. The van der Waals surface area contributed by atoms with Gasteiger partial charge in [-0.15, -0.1) is 0 Å². The number of amides is 2. The number of ether oxygens (including phenoxy) is 1. The van der Waals surface area contributed by atoms with Crippen LogP contribution < -0.4 is 10.6 Å². The topological polar surface area (TPSA) is 68.2 Å². The second kappa shape index (κ2) is 6.39. The fourth-order valence-electron chi connectivity index (χ4n) is 4.23. The first-order chi connectivity index (χ1) is 11.6. The smallest absolute Gasteiger partial charge is 0.315 e. The van der Waals surface area contributed by atoms with Gasteiger partial charge in [-0.1, -0.05) is 12.8 Å². The summed E-state index contributed by atoms with van der Waals surface area (Å²) in [5, 5.41) is 10.7. The van der Waals surface area contributed by atoms with Crippen molar-refractivity contribution >= 4 is 6.03 Å². The van der Waals surface area contributed by atoms with Crippen LogP contribution in [0, 0.1) is 5.92 Å². The third-order valence-corrected chi connectivity index (χ3v) is 5.79. The fourth-order valence-corrected chi connectivity index (χ4v) is 4.23. The summed E-state index contributed by atoms with van der Waals surface area (Å²) in [7, 11) is 0. The number of carbonyl (C=O) groups excluding carboxylic acids is 1. The Morgan fingerprint density at radius 2 is 2.17 bits per heavy atom. The van der Waals surface area contributed by atoms with E-state index in [9.17, 15) is 4.79 Å². The monoisotopic (exact) mass is 332 g/mol. The van der Waals surface area contributed by atoms with E-state index in [1.54, 1.807) is 0 Å². The lowest BCUT2D eigenvalue weighted by molar-refractivity contribution is 0.0591. The predicted octanol–water partition coefficient (Wildman–Crippen LogP) is 2.76. The molecular formula is C18H28N4O2. The Balaban J connectivity index is 1.28. The van der Waals surface area contributed by atoms with E-state index in [0.29, 0.717) is 18.5 Å². The van der Waals surface area contributed by atoms with E-state index in [2.05, 4.69) is 27.3 Å². The number of hydrogen-bond donors (Lipinski definition) is 2. The van der Waals surface area contributed by atoms with Crippen LogP contribution in [0.3, 0.4) is 0 Å². The van der Waals surface area contributed by atoms with Crippen LogP contribution in [0.5, 0.6) is 0 Å². The molecule has 2 heterocycles. The quantitative estimate of drug-likeness (QED) is 0.871. The molecule has 2 amide bonds. The summed E-state index contributed by atoms with van der Waals surface area (Å²) >= 11 is 0. The molecule has 6 nitrogen and oxygen atoms in total. The Bertz CT molecular complexity index is 592. The molecular weight excluding hydrogens is 304 g/mol. The van der Waals surface area contributed by atoms with E-state index in [0.717, 1.165) is 18.7 Å². The summed E-state index contributed by atoms with van der Waals surface area (Å²) in [6.45, 7) is 3.32. The van der Waals surface area contributed by atoms with Gasteiger partial charge in [0.05, 0.1) is 29.9 Å². The second-order valence-corrected chi connectivity index (χ2v) is 7.83. The normalized spacial score (nSPS) is 30.6. The third-order valence-electron chi connectivity index (χ3n) is 5.79.